The summed E-state index contributed by atoms with van der Waals surface area (Å²) in [5, 5.41) is 55.9. The van der Waals surface area contributed by atoms with Crippen LogP contribution in [0.25, 0.3) is 0 Å². The van der Waals surface area contributed by atoms with Gasteiger partial charge < -0.3 is 73.6 Å². The molecule has 95 heavy (non-hydrogen) atoms. The normalized spacial score (nSPS) is 18.3. The zero-order valence-electron chi connectivity index (χ0n) is 54.3. The lowest BCUT2D eigenvalue weighted by Gasteiger charge is -2.32. The van der Waals surface area contributed by atoms with Crippen molar-refractivity contribution < 1.29 is 78.0 Å². The van der Waals surface area contributed by atoms with Crippen molar-refractivity contribution >= 4 is 106 Å². The highest BCUT2D eigenvalue weighted by molar-refractivity contribution is 7.99. The summed E-state index contributed by atoms with van der Waals surface area (Å²) in [4.78, 5) is 165. The lowest BCUT2D eigenvalue weighted by atomic mass is 10.0. The molecule has 2 aromatic rings. The van der Waals surface area contributed by atoms with Crippen LogP contribution in [0, 0.1) is 5.92 Å². The summed E-state index contributed by atoms with van der Waals surface area (Å²) in [6.07, 6.45) is 1.75. The topological polar surface area (TPSA) is 426 Å². The molecular weight excluding hydrogens is 1290 g/mol. The van der Waals surface area contributed by atoms with Gasteiger partial charge in [-0.2, -0.15) is 35.3 Å². The number of carboxylic acids is 3. The maximum Gasteiger partial charge on any atom is 0.327 e. The highest BCUT2D eigenvalue weighted by Gasteiger charge is 2.43. The minimum Gasteiger partial charge on any atom is -0.480 e. The van der Waals surface area contributed by atoms with E-state index in [0.29, 0.717) is 114 Å². The number of aliphatic hydroxyl groups excluding tert-OH is 1. The van der Waals surface area contributed by atoms with Crippen LogP contribution in [0.3, 0.4) is 0 Å². The van der Waals surface area contributed by atoms with Gasteiger partial charge in [0, 0.05) is 113 Å². The van der Waals surface area contributed by atoms with Crippen LogP contribution in [0.2, 0.25) is 0 Å². The minimum absolute atomic E-state index is 0.00928. The largest absolute Gasteiger partial charge is 0.480 e. The van der Waals surface area contributed by atoms with E-state index in [1.807, 2.05) is 30.0 Å². The number of likely N-dealkylation sites (tertiary alicyclic amines) is 2. The second kappa shape index (κ2) is 41.0. The SMILES string of the molecule is CCCCNC(=O)N[C@@H](CSCc1cc(CSCCNC(=O)CN2CCN(CC(=O)O)CCN(CC(=O)O)CC2)cc(CSCC(NC(=O)[C@H](Cc2ccccc2)NC(=O)[C@H](CCC(N)=O)NC(=O)[C@@H](C)[C@@H](C)O)C(=O)O)c1)C(=O)N1CCC[C@H]1C(=O)N1CCC[C@H]1C(N)=O. The summed E-state index contributed by atoms with van der Waals surface area (Å²) in [5.41, 5.74) is 14.1. The van der Waals surface area contributed by atoms with Crippen LogP contribution in [0.5, 0.6) is 0 Å². The molecule has 526 valence electrons. The molecule has 5 rings (SSSR count). The molecule has 0 saturated carbocycles. The molecule has 0 bridgehead atoms. The molecular formula is C63H95N13O16S3. The molecule has 0 aromatic heterocycles. The van der Waals surface area contributed by atoms with Crippen LogP contribution in [0.15, 0.2) is 48.5 Å². The third-order valence-electron chi connectivity index (χ3n) is 16.4. The Morgan fingerprint density at radius 2 is 1.09 bits per heavy atom. The monoisotopic (exact) mass is 1390 g/mol. The second-order valence-electron chi connectivity index (χ2n) is 24.0. The van der Waals surface area contributed by atoms with Crippen LogP contribution in [-0.2, 0) is 76.4 Å². The number of carboxylic acid groups (broad SMARTS) is 3. The van der Waals surface area contributed by atoms with E-state index in [1.54, 1.807) is 40.1 Å². The Bertz CT molecular complexity index is 2910. The van der Waals surface area contributed by atoms with Crippen LogP contribution in [0.4, 0.5) is 4.79 Å². The van der Waals surface area contributed by atoms with Gasteiger partial charge in [0.2, 0.25) is 47.3 Å². The van der Waals surface area contributed by atoms with E-state index in [1.165, 1.54) is 58.9 Å². The summed E-state index contributed by atoms with van der Waals surface area (Å²) in [5.74, 6) is -7.66. The lowest BCUT2D eigenvalue weighted by Crippen LogP contribution is -2.57. The first-order chi connectivity index (χ1) is 45.3. The number of carbonyl (C=O) groups excluding carboxylic acids is 9. The molecule has 3 fully saturated rings. The number of nitrogens with two attached hydrogens (primary N) is 2. The van der Waals surface area contributed by atoms with Gasteiger partial charge in [-0.05, 0) is 67.7 Å². The lowest BCUT2D eigenvalue weighted by molar-refractivity contribution is -0.146. The number of unbranched alkanes of at least 4 members (excludes halogenated alkanes) is 1. The standard InChI is InChI=1S/C63H95N13O16S3/c1-4-5-17-67-63(92)71-48(60(88)76-20-10-14-51(76)61(89)75-19-9-13-50(75)56(65)84)38-94-36-44-28-43(35-93-27-18-66-53(79)32-72-21-23-73(33-54(80)81)25-26-74(24-22-72)34-55(82)83)29-45(30-44)37-95-39-49(62(90)91)70-59(87)47(31-42-11-7-6-8-12-42)69-58(86)46(15-16-52(64)78)68-57(85)40(2)41(3)77/h6-8,11-12,28-30,40-41,46-51,77H,4-5,9-10,13-27,31-39H2,1-3H3,(H2,64,78)(H2,65,84)(H,66,79)(H,68,85)(H,69,86)(H,70,87)(H,80,81)(H,82,83)(H,90,91)(H2,67,71,92)/t40-,41+,46-,47-,48-,49?,50-,51-/m0/s1. The van der Waals surface area contributed by atoms with Crippen molar-refractivity contribution in [3.05, 3.63) is 70.8 Å². The fraction of sp³-hybridized carbons (Fsp3) is 0.619. The second-order valence-corrected chi connectivity index (χ2v) is 27.2. The molecule has 32 heteroatoms. The van der Waals surface area contributed by atoms with Crippen molar-refractivity contribution in [2.45, 2.75) is 138 Å². The van der Waals surface area contributed by atoms with Crippen LogP contribution in [-0.4, -0.2) is 261 Å². The van der Waals surface area contributed by atoms with Gasteiger partial charge in [-0.3, -0.25) is 62.6 Å². The molecule has 1 unspecified atom stereocenters. The number of nitrogens with zero attached hydrogens (tertiary/aromatic N) is 5. The van der Waals surface area contributed by atoms with Crippen molar-refractivity contribution in [2.24, 2.45) is 17.4 Å². The number of thioether (sulfide) groups is 3. The number of rotatable bonds is 39. The van der Waals surface area contributed by atoms with Crippen molar-refractivity contribution in [1.29, 1.82) is 0 Å². The molecule has 14 N–H and O–H groups in total. The van der Waals surface area contributed by atoms with Gasteiger partial charge in [0.1, 0.15) is 36.3 Å². The zero-order chi connectivity index (χ0) is 69.6. The molecule has 3 aliphatic rings. The third kappa shape index (κ3) is 27.8. The van der Waals surface area contributed by atoms with E-state index in [2.05, 4.69) is 31.9 Å². The Balaban J connectivity index is 1.33. The molecule has 3 aliphatic heterocycles. The predicted molar refractivity (Wildman–Crippen MR) is 359 cm³/mol. The molecule has 3 saturated heterocycles. The highest BCUT2D eigenvalue weighted by atomic mass is 32.2. The van der Waals surface area contributed by atoms with Crippen molar-refractivity contribution in [3.8, 4) is 0 Å². The number of carbonyl (C=O) groups is 12. The Hall–Kier alpha value is -7.23. The van der Waals surface area contributed by atoms with Crippen molar-refractivity contribution in [1.82, 2.24) is 56.4 Å². The summed E-state index contributed by atoms with van der Waals surface area (Å²) in [6, 6.07) is 7.08. The first-order valence-electron chi connectivity index (χ1n) is 32.1. The summed E-state index contributed by atoms with van der Waals surface area (Å²) in [7, 11) is 0. The van der Waals surface area contributed by atoms with Gasteiger partial charge in [-0.25, -0.2) is 9.59 Å². The van der Waals surface area contributed by atoms with Gasteiger partial charge in [-0.1, -0.05) is 68.8 Å². The number of primary amides is 2. The Kier molecular flexibility index (Phi) is 33.9. The molecule has 0 aliphatic carbocycles. The van der Waals surface area contributed by atoms with E-state index in [-0.39, 0.29) is 74.5 Å². The summed E-state index contributed by atoms with van der Waals surface area (Å²) < 4.78 is 0. The van der Waals surface area contributed by atoms with E-state index < -0.39 is 108 Å². The molecule has 8 atom stereocenters. The molecule has 0 spiro atoms. The van der Waals surface area contributed by atoms with Crippen LogP contribution >= 0.6 is 35.3 Å². The average Bonchev–Trinajstić information content (AvgIpc) is 1.69. The molecule has 29 nitrogen and oxygen atoms in total. The minimum atomic E-state index is -1.47. The number of aliphatic carboxylic acids is 3. The Labute approximate surface area is 566 Å². The Morgan fingerprint density at radius 3 is 1.63 bits per heavy atom. The third-order valence-corrected chi connectivity index (χ3v) is 19.7. The molecule has 3 heterocycles. The smallest absolute Gasteiger partial charge is 0.327 e. The maximum atomic E-state index is 14.6. The summed E-state index contributed by atoms with van der Waals surface area (Å²) in [6.45, 7) is 7.89. The number of hydrogen-bond acceptors (Lipinski definition) is 19. The van der Waals surface area contributed by atoms with Crippen molar-refractivity contribution in [3.63, 3.8) is 0 Å². The van der Waals surface area contributed by atoms with E-state index in [4.69, 9.17) is 11.5 Å². The quantitative estimate of drug-likeness (QED) is 0.0379. The van der Waals surface area contributed by atoms with E-state index in [0.717, 1.165) is 23.1 Å². The highest BCUT2D eigenvalue weighted by Crippen LogP contribution is 2.28. The number of urea groups is 1. The number of nitrogens with one attached hydrogen (secondary N) is 6. The fourth-order valence-corrected chi connectivity index (χ4v) is 13.8. The summed E-state index contributed by atoms with van der Waals surface area (Å²) >= 11 is 4.11. The molecule has 2 aromatic carbocycles. The maximum absolute atomic E-state index is 14.6. The molecule has 0 radical (unpaired) electrons. The van der Waals surface area contributed by atoms with E-state index >= 15 is 0 Å². The predicted octanol–water partition coefficient (Wildman–Crippen LogP) is -0.410. The zero-order valence-corrected chi connectivity index (χ0v) is 56.8. The van der Waals surface area contributed by atoms with Crippen molar-refractivity contribution in [2.75, 3.05) is 102 Å². The average molecular weight is 1390 g/mol. The van der Waals surface area contributed by atoms with Crippen LogP contribution in [0.1, 0.15) is 94.4 Å². The number of hydrogen-bond donors (Lipinski definition) is 12. The van der Waals surface area contributed by atoms with Gasteiger partial charge in [-0.15, -0.1) is 0 Å². The Morgan fingerprint density at radius 1 is 0.579 bits per heavy atom. The first kappa shape index (κ1) is 78.5. The number of aliphatic hydroxyl groups is 1. The number of amides is 10. The number of benzene rings is 2. The van der Waals surface area contributed by atoms with Gasteiger partial charge in [0.15, 0.2) is 0 Å². The van der Waals surface area contributed by atoms with Gasteiger partial charge in [0.05, 0.1) is 31.7 Å². The molecule has 10 amide bonds. The van der Waals surface area contributed by atoms with Gasteiger partial charge >= 0.3 is 23.9 Å². The van der Waals surface area contributed by atoms with E-state index in [9.17, 15) is 78.0 Å². The van der Waals surface area contributed by atoms with Gasteiger partial charge in [0.25, 0.3) is 0 Å². The fourth-order valence-electron chi connectivity index (χ4n) is 11.1. The first-order valence-corrected chi connectivity index (χ1v) is 35.6. The van der Waals surface area contributed by atoms with Crippen LogP contribution < -0.4 is 43.4 Å².